The van der Waals surface area contributed by atoms with Crippen LogP contribution in [-0.4, -0.2) is 25.9 Å². The Balaban J connectivity index is 3.09. The van der Waals surface area contributed by atoms with Crippen LogP contribution in [0.4, 0.5) is 0 Å². The van der Waals surface area contributed by atoms with E-state index in [1.807, 2.05) is 0 Å². The molecule has 55 valence electrons. The van der Waals surface area contributed by atoms with Gasteiger partial charge in [-0.2, -0.15) is 0 Å². The normalized spacial score (nSPS) is 10.7. The van der Waals surface area contributed by atoms with E-state index in [9.17, 15) is 0 Å². The Kier molecular flexibility index (Phi) is 6.97. The molecule has 0 atom stereocenters. The van der Waals surface area contributed by atoms with Gasteiger partial charge in [-0.15, -0.1) is 13.8 Å². The SMILES string of the molecule is C[CH2][Al-]([CH2]C)[CH2]CCO. The minimum atomic E-state index is -0.370. The summed E-state index contributed by atoms with van der Waals surface area (Å²) in [5, 5.41) is 12.7. The lowest BCUT2D eigenvalue weighted by Gasteiger charge is -2.17. The molecule has 1 N–H and O–H groups in total. The van der Waals surface area contributed by atoms with E-state index in [-0.39, 0.29) is 14.1 Å². The maximum atomic E-state index is 8.53. The van der Waals surface area contributed by atoms with Crippen LogP contribution in [0.5, 0.6) is 0 Å². The second-order valence-corrected chi connectivity index (χ2v) is 6.49. The summed E-state index contributed by atoms with van der Waals surface area (Å²) in [5.74, 6) is 0. The second-order valence-electron chi connectivity index (χ2n) is 2.55. The lowest BCUT2D eigenvalue weighted by Crippen LogP contribution is -2.08. The number of aliphatic hydroxyl groups is 1. The average molecular weight is 144 g/mol. The molecule has 0 aromatic heterocycles. The Morgan fingerprint density at radius 1 is 1.22 bits per heavy atom. The minimum Gasteiger partial charge on any atom is -0.397 e. The van der Waals surface area contributed by atoms with Crippen LogP contribution >= 0.6 is 0 Å². The molecule has 0 aromatic carbocycles. The molecule has 2 heteroatoms. The summed E-state index contributed by atoms with van der Waals surface area (Å²) in [7, 11) is 0. The van der Waals surface area contributed by atoms with Crippen molar-refractivity contribution in [1.82, 2.24) is 0 Å². The van der Waals surface area contributed by atoms with Gasteiger partial charge < -0.3 is 5.11 Å². The van der Waals surface area contributed by atoms with Crippen LogP contribution in [0.2, 0.25) is 15.8 Å². The van der Waals surface area contributed by atoms with Crippen molar-refractivity contribution in [2.24, 2.45) is 0 Å². The van der Waals surface area contributed by atoms with Gasteiger partial charge in [0.25, 0.3) is 0 Å². The summed E-state index contributed by atoms with van der Waals surface area (Å²) in [4.78, 5) is 0. The van der Waals surface area contributed by atoms with Gasteiger partial charge in [-0.05, 0) is 14.1 Å². The third-order valence-corrected chi connectivity index (χ3v) is 5.46. The molecule has 0 saturated heterocycles. The third kappa shape index (κ3) is 4.96. The van der Waals surface area contributed by atoms with E-state index < -0.39 is 0 Å². The average Bonchev–Trinajstić information content (AvgIpc) is 1.91. The predicted molar refractivity (Wildman–Crippen MR) is 43.2 cm³/mol. The lowest BCUT2D eigenvalue weighted by molar-refractivity contribution is 0.294. The molecule has 0 aliphatic rings. The van der Waals surface area contributed by atoms with Crippen LogP contribution in [-0.2, 0) is 0 Å². The molecule has 0 rings (SSSR count). The van der Waals surface area contributed by atoms with Crippen LogP contribution < -0.4 is 0 Å². The Labute approximate surface area is 62.5 Å². The summed E-state index contributed by atoms with van der Waals surface area (Å²) in [6.45, 7) is 4.94. The van der Waals surface area contributed by atoms with Crippen molar-refractivity contribution in [3.63, 3.8) is 0 Å². The van der Waals surface area contributed by atoms with Crippen molar-refractivity contribution in [3.8, 4) is 0 Å². The van der Waals surface area contributed by atoms with E-state index in [1.54, 1.807) is 0 Å². The maximum absolute atomic E-state index is 8.53. The fourth-order valence-electron chi connectivity index (χ4n) is 1.08. The fourth-order valence-corrected chi connectivity index (χ4v) is 3.23. The van der Waals surface area contributed by atoms with Crippen LogP contribution in [0.3, 0.4) is 0 Å². The van der Waals surface area contributed by atoms with Gasteiger partial charge in [0.15, 0.2) is 0 Å². The molecule has 0 spiro atoms. The Hall–Kier alpha value is 0.492. The van der Waals surface area contributed by atoms with Crippen LogP contribution in [0.15, 0.2) is 0 Å². The van der Waals surface area contributed by atoms with Gasteiger partial charge >= 0.3 is 0 Å². The number of aliphatic hydroxyl groups excluding tert-OH is 1. The van der Waals surface area contributed by atoms with Gasteiger partial charge in [-0.3, -0.25) is 0 Å². The summed E-state index contributed by atoms with van der Waals surface area (Å²) in [6, 6.07) is 0. The molecule has 9 heavy (non-hydrogen) atoms. The van der Waals surface area contributed by atoms with E-state index in [0.717, 1.165) is 6.42 Å². The zero-order valence-electron chi connectivity index (χ0n) is 6.56. The highest BCUT2D eigenvalue weighted by Gasteiger charge is 1.92. The number of hydrogen-bond acceptors (Lipinski definition) is 1. The third-order valence-electron chi connectivity index (χ3n) is 1.93. The van der Waals surface area contributed by atoms with Crippen molar-refractivity contribution in [2.45, 2.75) is 36.1 Å². The molecule has 0 fully saturated rings. The van der Waals surface area contributed by atoms with Crippen LogP contribution in [0, 0.1) is 0 Å². The van der Waals surface area contributed by atoms with Gasteiger partial charge in [-0.1, -0.05) is 6.42 Å². The van der Waals surface area contributed by atoms with Crippen molar-refractivity contribution in [1.29, 1.82) is 0 Å². The minimum absolute atomic E-state index is 0.370. The van der Waals surface area contributed by atoms with Crippen molar-refractivity contribution < 1.29 is 5.11 Å². The van der Waals surface area contributed by atoms with Gasteiger partial charge in [0, 0.05) is 6.61 Å². The topological polar surface area (TPSA) is 20.2 Å². The molecule has 0 aromatic rings. The summed E-state index contributed by atoms with van der Waals surface area (Å²) >= 11 is -0.370. The first-order chi connectivity index (χ1) is 4.35. The van der Waals surface area contributed by atoms with E-state index >= 15 is 0 Å². The van der Waals surface area contributed by atoms with Crippen molar-refractivity contribution in [3.05, 3.63) is 0 Å². The van der Waals surface area contributed by atoms with Crippen molar-refractivity contribution >= 4 is 14.1 Å². The van der Waals surface area contributed by atoms with Gasteiger partial charge in [-0.25, -0.2) is 15.8 Å². The molecule has 0 bridgehead atoms. The van der Waals surface area contributed by atoms with Gasteiger partial charge in [0.2, 0.25) is 0 Å². The lowest BCUT2D eigenvalue weighted by atomic mass is 10.5. The largest absolute Gasteiger partial charge is 0.397 e. The molecule has 0 aliphatic carbocycles. The molecule has 0 aliphatic heterocycles. The summed E-state index contributed by atoms with van der Waals surface area (Å²) in [5.41, 5.74) is 0. The first-order valence-corrected chi connectivity index (χ1v) is 6.40. The number of hydrogen-bond donors (Lipinski definition) is 1. The van der Waals surface area contributed by atoms with E-state index in [0.29, 0.717) is 6.61 Å². The fraction of sp³-hybridized carbons (Fsp3) is 1.00. The molecule has 0 unspecified atom stereocenters. The first-order valence-electron chi connectivity index (χ1n) is 3.96. The smallest absolute Gasteiger partial charge is 0.0395 e. The Morgan fingerprint density at radius 2 is 1.78 bits per heavy atom. The Bertz CT molecular complexity index is 52.9. The quantitative estimate of drug-likeness (QED) is 0.584. The van der Waals surface area contributed by atoms with E-state index in [4.69, 9.17) is 5.11 Å². The molecule has 0 heterocycles. The predicted octanol–water partition coefficient (Wildman–Crippen LogP) is 1.90. The van der Waals surface area contributed by atoms with Gasteiger partial charge in [0.1, 0.15) is 0 Å². The van der Waals surface area contributed by atoms with E-state index in [1.165, 1.54) is 15.8 Å². The molecule has 0 saturated carbocycles. The summed E-state index contributed by atoms with van der Waals surface area (Å²) < 4.78 is 0. The molecular weight excluding hydrogens is 127 g/mol. The Morgan fingerprint density at radius 3 is 2.11 bits per heavy atom. The highest BCUT2D eigenvalue weighted by molar-refractivity contribution is 6.58. The first kappa shape index (κ1) is 9.49. The van der Waals surface area contributed by atoms with Gasteiger partial charge in [0.05, 0.1) is 0 Å². The molecular formula is C7H17AlO-. The zero-order chi connectivity index (χ0) is 7.11. The molecule has 0 amide bonds. The van der Waals surface area contributed by atoms with Crippen LogP contribution in [0.25, 0.3) is 0 Å². The highest BCUT2D eigenvalue weighted by Crippen LogP contribution is 2.06. The maximum Gasteiger partial charge on any atom is 0.0395 e. The molecule has 1 nitrogen and oxygen atoms in total. The summed E-state index contributed by atoms with van der Waals surface area (Å²) in [6.07, 6.45) is 1.04. The second kappa shape index (κ2) is 6.61. The highest BCUT2D eigenvalue weighted by atomic mass is 27.2. The van der Waals surface area contributed by atoms with Crippen LogP contribution in [0.1, 0.15) is 20.3 Å². The molecule has 1 radical (unpaired) electrons. The standard InChI is InChI=1S/C3H7O.2C2H5.Al/c1-2-3-4;2*1-2;/h4H,1-3H2;2*1H2,2H3;/q;;;-1. The number of rotatable bonds is 5. The van der Waals surface area contributed by atoms with E-state index in [2.05, 4.69) is 13.8 Å². The zero-order valence-corrected chi connectivity index (χ0v) is 7.71. The van der Waals surface area contributed by atoms with Crippen molar-refractivity contribution in [2.75, 3.05) is 6.61 Å². The monoisotopic (exact) mass is 144 g/mol.